The summed E-state index contributed by atoms with van der Waals surface area (Å²) in [5.74, 6) is -0.00465. The average Bonchev–Trinajstić information content (AvgIpc) is 2.96. The van der Waals surface area contributed by atoms with E-state index < -0.39 is 0 Å². The lowest BCUT2D eigenvalue weighted by Crippen LogP contribution is -2.36. The molecule has 0 unspecified atom stereocenters. The van der Waals surface area contributed by atoms with Crippen LogP contribution in [0.2, 0.25) is 0 Å². The minimum Gasteiger partial charge on any atom is -0.348 e. The molecule has 0 aliphatic rings. The molecule has 20 heavy (non-hydrogen) atoms. The second-order valence-corrected chi connectivity index (χ2v) is 6.13. The SMILES string of the molecule is CCc1cc(C(=O)N[C@H](C)Cn2nc(C)cc2C)cs1. The fraction of sp³-hybridized carbons (Fsp3) is 0.467. The molecule has 1 N–H and O–H groups in total. The van der Waals surface area contributed by atoms with Crippen LogP contribution in [0.15, 0.2) is 17.5 Å². The number of aryl methyl sites for hydroxylation is 3. The van der Waals surface area contributed by atoms with Crippen molar-refractivity contribution in [3.05, 3.63) is 39.3 Å². The van der Waals surface area contributed by atoms with Crippen LogP contribution in [-0.2, 0) is 13.0 Å². The second kappa shape index (κ2) is 6.22. The summed E-state index contributed by atoms with van der Waals surface area (Å²) in [6.07, 6.45) is 0.971. The average molecular weight is 291 g/mol. The molecule has 0 bridgehead atoms. The van der Waals surface area contributed by atoms with Gasteiger partial charge in [-0.05, 0) is 39.3 Å². The number of thiophene rings is 1. The Morgan fingerprint density at radius 2 is 2.20 bits per heavy atom. The van der Waals surface area contributed by atoms with Crippen LogP contribution in [0.3, 0.4) is 0 Å². The lowest BCUT2D eigenvalue weighted by molar-refractivity contribution is 0.0936. The Morgan fingerprint density at radius 3 is 2.75 bits per heavy atom. The molecule has 0 aliphatic heterocycles. The van der Waals surface area contributed by atoms with E-state index in [9.17, 15) is 4.79 Å². The van der Waals surface area contributed by atoms with E-state index in [1.807, 2.05) is 43.0 Å². The van der Waals surface area contributed by atoms with Crippen LogP contribution in [0.5, 0.6) is 0 Å². The number of carbonyl (C=O) groups is 1. The number of rotatable bonds is 5. The molecule has 0 saturated carbocycles. The zero-order chi connectivity index (χ0) is 14.7. The topological polar surface area (TPSA) is 46.9 Å². The third kappa shape index (κ3) is 3.48. The van der Waals surface area contributed by atoms with Gasteiger partial charge < -0.3 is 5.32 Å². The number of amides is 1. The van der Waals surface area contributed by atoms with Crippen molar-refractivity contribution in [1.82, 2.24) is 15.1 Å². The third-order valence-corrected chi connectivity index (χ3v) is 4.27. The number of nitrogens with one attached hydrogen (secondary N) is 1. The predicted octanol–water partition coefficient (Wildman–Crippen LogP) is 2.94. The molecule has 2 heterocycles. The predicted molar refractivity (Wildman–Crippen MR) is 82.3 cm³/mol. The Kier molecular flexibility index (Phi) is 4.60. The van der Waals surface area contributed by atoms with Crippen LogP contribution in [0.1, 0.15) is 40.5 Å². The van der Waals surface area contributed by atoms with Gasteiger partial charge in [-0.15, -0.1) is 11.3 Å². The normalized spacial score (nSPS) is 12.4. The smallest absolute Gasteiger partial charge is 0.252 e. The highest BCUT2D eigenvalue weighted by molar-refractivity contribution is 7.10. The van der Waals surface area contributed by atoms with Gasteiger partial charge in [0.15, 0.2) is 0 Å². The maximum Gasteiger partial charge on any atom is 0.252 e. The highest BCUT2D eigenvalue weighted by Crippen LogP contribution is 2.15. The Hall–Kier alpha value is -1.62. The largest absolute Gasteiger partial charge is 0.348 e. The van der Waals surface area contributed by atoms with Crippen molar-refractivity contribution in [1.29, 1.82) is 0 Å². The van der Waals surface area contributed by atoms with Gasteiger partial charge in [-0.25, -0.2) is 0 Å². The summed E-state index contributed by atoms with van der Waals surface area (Å²) in [6.45, 7) is 8.79. The van der Waals surface area contributed by atoms with Gasteiger partial charge in [-0.1, -0.05) is 6.92 Å². The molecule has 2 aromatic heterocycles. The van der Waals surface area contributed by atoms with Crippen molar-refractivity contribution in [3.63, 3.8) is 0 Å². The maximum atomic E-state index is 12.1. The third-order valence-electron chi connectivity index (χ3n) is 3.19. The highest BCUT2D eigenvalue weighted by Gasteiger charge is 2.13. The quantitative estimate of drug-likeness (QED) is 0.920. The van der Waals surface area contributed by atoms with E-state index >= 15 is 0 Å². The van der Waals surface area contributed by atoms with E-state index in [2.05, 4.69) is 17.3 Å². The maximum absolute atomic E-state index is 12.1. The van der Waals surface area contributed by atoms with E-state index in [-0.39, 0.29) is 11.9 Å². The minimum atomic E-state index is -0.00465. The summed E-state index contributed by atoms with van der Waals surface area (Å²) in [4.78, 5) is 13.4. The van der Waals surface area contributed by atoms with Crippen LogP contribution in [-0.4, -0.2) is 21.7 Å². The first-order valence-electron chi connectivity index (χ1n) is 6.89. The van der Waals surface area contributed by atoms with E-state index in [4.69, 9.17) is 0 Å². The summed E-state index contributed by atoms with van der Waals surface area (Å²) >= 11 is 1.64. The number of hydrogen-bond donors (Lipinski definition) is 1. The van der Waals surface area contributed by atoms with E-state index in [1.54, 1.807) is 11.3 Å². The van der Waals surface area contributed by atoms with Crippen molar-refractivity contribution in [2.45, 2.75) is 46.7 Å². The van der Waals surface area contributed by atoms with Gasteiger partial charge in [0.25, 0.3) is 5.91 Å². The Balaban J connectivity index is 1.95. The molecule has 0 fully saturated rings. The molecular formula is C15H21N3OS. The van der Waals surface area contributed by atoms with Gasteiger partial charge in [0, 0.05) is 22.0 Å². The van der Waals surface area contributed by atoms with E-state index in [1.165, 1.54) is 4.88 Å². The molecule has 2 aromatic rings. The van der Waals surface area contributed by atoms with Gasteiger partial charge in [0.1, 0.15) is 0 Å². The van der Waals surface area contributed by atoms with Gasteiger partial charge in [0.05, 0.1) is 17.8 Å². The molecule has 1 atom stereocenters. The van der Waals surface area contributed by atoms with Gasteiger partial charge >= 0.3 is 0 Å². The number of hydrogen-bond acceptors (Lipinski definition) is 3. The first kappa shape index (κ1) is 14.8. The molecule has 108 valence electrons. The summed E-state index contributed by atoms with van der Waals surface area (Å²) < 4.78 is 1.94. The molecule has 0 spiro atoms. The Bertz CT molecular complexity index is 600. The summed E-state index contributed by atoms with van der Waals surface area (Å²) in [7, 11) is 0. The lowest BCUT2D eigenvalue weighted by atomic mass is 10.2. The number of carbonyl (C=O) groups excluding carboxylic acids is 1. The van der Waals surface area contributed by atoms with Crippen LogP contribution < -0.4 is 5.32 Å². The fourth-order valence-electron chi connectivity index (χ4n) is 2.16. The van der Waals surface area contributed by atoms with Crippen molar-refractivity contribution < 1.29 is 4.79 Å². The van der Waals surface area contributed by atoms with Crippen molar-refractivity contribution >= 4 is 17.2 Å². The van der Waals surface area contributed by atoms with Crippen molar-refractivity contribution in [2.24, 2.45) is 0 Å². The Morgan fingerprint density at radius 1 is 1.45 bits per heavy atom. The molecule has 4 nitrogen and oxygen atoms in total. The lowest BCUT2D eigenvalue weighted by Gasteiger charge is -2.14. The molecular weight excluding hydrogens is 270 g/mol. The second-order valence-electron chi connectivity index (χ2n) is 5.14. The summed E-state index contributed by atoms with van der Waals surface area (Å²) in [5.41, 5.74) is 2.88. The molecule has 2 rings (SSSR count). The number of aromatic nitrogens is 2. The van der Waals surface area contributed by atoms with Gasteiger partial charge in [-0.3, -0.25) is 9.48 Å². The molecule has 0 saturated heterocycles. The molecule has 0 radical (unpaired) electrons. The minimum absolute atomic E-state index is 0.00465. The van der Waals surface area contributed by atoms with Crippen LogP contribution in [0.25, 0.3) is 0 Å². The van der Waals surface area contributed by atoms with Gasteiger partial charge in [0.2, 0.25) is 0 Å². The number of nitrogens with zero attached hydrogens (tertiary/aromatic N) is 2. The van der Waals surface area contributed by atoms with E-state index in [0.717, 1.165) is 23.4 Å². The van der Waals surface area contributed by atoms with Crippen LogP contribution >= 0.6 is 11.3 Å². The standard InChI is InChI=1S/C15H21N3OS/c1-5-14-7-13(9-20-14)15(19)16-11(3)8-18-12(4)6-10(2)17-18/h6-7,9,11H,5,8H2,1-4H3,(H,16,19)/t11-/m1/s1. The van der Waals surface area contributed by atoms with Crippen LogP contribution in [0.4, 0.5) is 0 Å². The van der Waals surface area contributed by atoms with Gasteiger partial charge in [-0.2, -0.15) is 5.10 Å². The molecule has 1 amide bonds. The van der Waals surface area contributed by atoms with Crippen molar-refractivity contribution in [2.75, 3.05) is 0 Å². The van der Waals surface area contributed by atoms with E-state index in [0.29, 0.717) is 6.54 Å². The molecule has 0 aliphatic carbocycles. The molecule has 0 aromatic carbocycles. The summed E-state index contributed by atoms with van der Waals surface area (Å²) in [5, 5.41) is 9.36. The monoisotopic (exact) mass is 291 g/mol. The van der Waals surface area contributed by atoms with Crippen LogP contribution in [0, 0.1) is 13.8 Å². The zero-order valence-electron chi connectivity index (χ0n) is 12.4. The van der Waals surface area contributed by atoms with Crippen molar-refractivity contribution in [3.8, 4) is 0 Å². The fourth-order valence-corrected chi connectivity index (χ4v) is 2.97. The highest BCUT2D eigenvalue weighted by atomic mass is 32.1. The Labute approximate surface area is 123 Å². The molecule has 5 heteroatoms. The first-order valence-corrected chi connectivity index (χ1v) is 7.77. The zero-order valence-corrected chi connectivity index (χ0v) is 13.3. The summed E-state index contributed by atoms with van der Waals surface area (Å²) in [6, 6.07) is 4.06. The first-order chi connectivity index (χ1) is 9.49.